The highest BCUT2D eigenvalue weighted by Gasteiger charge is 2.16. The number of carbonyl (C=O) groups excluding carboxylic acids is 1. The van der Waals surface area contributed by atoms with Crippen molar-refractivity contribution in [1.82, 2.24) is 5.32 Å². The van der Waals surface area contributed by atoms with Crippen LogP contribution in [0.25, 0.3) is 0 Å². The second kappa shape index (κ2) is 7.51. The van der Waals surface area contributed by atoms with E-state index < -0.39 is 6.10 Å². The Morgan fingerprint density at radius 1 is 1.40 bits per heavy atom. The second-order valence-electron chi connectivity index (χ2n) is 4.59. The molecule has 0 radical (unpaired) electrons. The van der Waals surface area contributed by atoms with Gasteiger partial charge in [0.1, 0.15) is 5.75 Å². The fraction of sp³-hybridized carbons (Fsp3) is 0.467. The first-order chi connectivity index (χ1) is 9.49. The van der Waals surface area contributed by atoms with Gasteiger partial charge < -0.3 is 14.8 Å². The molecule has 0 aliphatic carbocycles. The Morgan fingerprint density at radius 2 is 2.00 bits per heavy atom. The minimum Gasteiger partial charge on any atom is -0.480 e. The number of rotatable bonds is 6. The van der Waals surface area contributed by atoms with Crippen molar-refractivity contribution in [3.63, 3.8) is 0 Å². The van der Waals surface area contributed by atoms with Gasteiger partial charge in [-0.2, -0.15) is 5.26 Å². The van der Waals surface area contributed by atoms with Crippen LogP contribution in [0.3, 0.4) is 0 Å². The molecule has 1 aromatic rings. The highest BCUT2D eigenvalue weighted by atomic mass is 16.5. The van der Waals surface area contributed by atoms with Crippen LogP contribution in [0.15, 0.2) is 12.1 Å². The molecule has 1 amide bonds. The molecule has 5 heteroatoms. The van der Waals surface area contributed by atoms with Crippen LogP contribution in [0.5, 0.6) is 5.75 Å². The highest BCUT2D eigenvalue weighted by Crippen LogP contribution is 2.25. The van der Waals surface area contributed by atoms with Gasteiger partial charge in [-0.15, -0.1) is 0 Å². The summed E-state index contributed by atoms with van der Waals surface area (Å²) in [7, 11) is 1.58. The number of benzene rings is 1. The van der Waals surface area contributed by atoms with Crippen molar-refractivity contribution in [3.8, 4) is 11.8 Å². The summed E-state index contributed by atoms with van der Waals surface area (Å²) in [5.74, 6) is 0.462. The fourth-order valence-electron chi connectivity index (χ4n) is 1.85. The molecule has 0 fully saturated rings. The van der Waals surface area contributed by atoms with E-state index >= 15 is 0 Å². The van der Waals surface area contributed by atoms with Crippen molar-refractivity contribution >= 4 is 5.91 Å². The summed E-state index contributed by atoms with van der Waals surface area (Å²) >= 11 is 0. The lowest BCUT2D eigenvalue weighted by atomic mass is 10.1. The highest BCUT2D eigenvalue weighted by molar-refractivity contribution is 5.80. The average Bonchev–Trinajstić information content (AvgIpc) is 2.42. The fourth-order valence-corrected chi connectivity index (χ4v) is 1.85. The topological polar surface area (TPSA) is 71.3 Å². The number of nitriles is 1. The number of nitrogens with zero attached hydrogens (tertiary/aromatic N) is 1. The number of hydrogen-bond donors (Lipinski definition) is 1. The van der Waals surface area contributed by atoms with E-state index in [2.05, 4.69) is 11.4 Å². The zero-order valence-corrected chi connectivity index (χ0v) is 12.3. The van der Waals surface area contributed by atoms with Crippen LogP contribution in [0.2, 0.25) is 0 Å². The Bertz CT molecular complexity index is 497. The van der Waals surface area contributed by atoms with E-state index in [0.717, 1.165) is 11.1 Å². The van der Waals surface area contributed by atoms with E-state index in [1.54, 1.807) is 26.2 Å². The number of carbonyl (C=O) groups is 1. The first-order valence-corrected chi connectivity index (χ1v) is 6.44. The molecule has 0 aliphatic rings. The number of ether oxygens (including phenoxy) is 2. The minimum atomic E-state index is -0.600. The molecule has 1 atom stereocenters. The molecule has 0 saturated heterocycles. The molecule has 0 bridgehead atoms. The van der Waals surface area contributed by atoms with Crippen molar-refractivity contribution < 1.29 is 14.3 Å². The molecular formula is C15H20N2O3. The molecule has 20 heavy (non-hydrogen) atoms. The molecule has 0 spiro atoms. The van der Waals surface area contributed by atoms with E-state index in [9.17, 15) is 4.79 Å². The van der Waals surface area contributed by atoms with Crippen molar-refractivity contribution in [2.45, 2.75) is 26.9 Å². The van der Waals surface area contributed by atoms with Gasteiger partial charge in [0.25, 0.3) is 5.91 Å². The van der Waals surface area contributed by atoms with Crippen LogP contribution in [-0.2, 0) is 9.53 Å². The molecule has 1 N–H and O–H groups in total. The average molecular weight is 276 g/mol. The first kappa shape index (κ1) is 16.0. The van der Waals surface area contributed by atoms with Gasteiger partial charge in [-0.25, -0.2) is 0 Å². The summed E-state index contributed by atoms with van der Waals surface area (Å²) in [6.45, 7) is 6.33. The van der Waals surface area contributed by atoms with E-state index in [4.69, 9.17) is 14.7 Å². The smallest absolute Gasteiger partial charge is 0.260 e. The molecule has 1 rings (SSSR count). The summed E-state index contributed by atoms with van der Waals surface area (Å²) in [6, 6.07) is 5.59. The van der Waals surface area contributed by atoms with Gasteiger partial charge in [-0.3, -0.25) is 4.79 Å². The van der Waals surface area contributed by atoms with Crippen molar-refractivity contribution in [2.24, 2.45) is 0 Å². The summed E-state index contributed by atoms with van der Waals surface area (Å²) in [6.07, 6.45) is -0.600. The Balaban J connectivity index is 2.73. The number of hydrogen-bond acceptors (Lipinski definition) is 4. The minimum absolute atomic E-state index is 0.190. The van der Waals surface area contributed by atoms with Crippen molar-refractivity contribution in [3.05, 3.63) is 28.8 Å². The molecule has 0 aromatic heterocycles. The normalized spacial score (nSPS) is 11.6. The van der Waals surface area contributed by atoms with Crippen LogP contribution in [-0.4, -0.2) is 32.3 Å². The maximum Gasteiger partial charge on any atom is 0.260 e. The standard InChI is InChI=1S/C15H20N2O3/c1-10-7-13(9-16)8-11(2)14(10)20-12(3)15(18)17-5-6-19-4/h7-8,12H,5-6H2,1-4H3,(H,17,18). The molecule has 0 aliphatic heterocycles. The lowest BCUT2D eigenvalue weighted by molar-refractivity contribution is -0.127. The maximum atomic E-state index is 11.8. The number of amides is 1. The Morgan fingerprint density at radius 3 is 2.50 bits per heavy atom. The van der Waals surface area contributed by atoms with Crippen LogP contribution in [0, 0.1) is 25.2 Å². The Labute approximate surface area is 119 Å². The third-order valence-corrected chi connectivity index (χ3v) is 2.86. The monoisotopic (exact) mass is 276 g/mol. The van der Waals surface area contributed by atoms with Crippen molar-refractivity contribution in [1.29, 1.82) is 5.26 Å². The van der Waals surface area contributed by atoms with Crippen LogP contribution >= 0.6 is 0 Å². The molecule has 1 aromatic carbocycles. The van der Waals surface area contributed by atoms with Crippen molar-refractivity contribution in [2.75, 3.05) is 20.3 Å². The van der Waals surface area contributed by atoms with Gasteiger partial charge in [-0.1, -0.05) is 0 Å². The molecule has 0 heterocycles. The number of aryl methyl sites for hydroxylation is 2. The third-order valence-electron chi connectivity index (χ3n) is 2.86. The van der Waals surface area contributed by atoms with Gasteiger partial charge in [0.2, 0.25) is 0 Å². The molecule has 1 unspecified atom stereocenters. The number of methoxy groups -OCH3 is 1. The first-order valence-electron chi connectivity index (χ1n) is 6.44. The van der Waals surface area contributed by atoms with Gasteiger partial charge >= 0.3 is 0 Å². The summed E-state index contributed by atoms with van der Waals surface area (Å²) in [5, 5.41) is 11.6. The largest absolute Gasteiger partial charge is 0.480 e. The number of nitrogens with one attached hydrogen (secondary N) is 1. The molecule has 108 valence electrons. The Hall–Kier alpha value is -2.06. The molecular weight excluding hydrogens is 256 g/mol. The zero-order valence-electron chi connectivity index (χ0n) is 12.3. The summed E-state index contributed by atoms with van der Waals surface area (Å²) < 4.78 is 10.6. The van der Waals surface area contributed by atoms with E-state index in [1.165, 1.54) is 0 Å². The van der Waals surface area contributed by atoms with Gasteiger partial charge in [-0.05, 0) is 44.0 Å². The quantitative estimate of drug-likeness (QED) is 0.803. The second-order valence-corrected chi connectivity index (χ2v) is 4.59. The van der Waals surface area contributed by atoms with E-state index in [0.29, 0.717) is 24.5 Å². The third kappa shape index (κ3) is 4.25. The van der Waals surface area contributed by atoms with E-state index in [1.807, 2.05) is 13.8 Å². The predicted octanol–water partition coefficient (Wildman–Crippen LogP) is 1.71. The maximum absolute atomic E-state index is 11.8. The molecule has 5 nitrogen and oxygen atoms in total. The van der Waals surface area contributed by atoms with Gasteiger partial charge in [0.15, 0.2) is 6.10 Å². The summed E-state index contributed by atoms with van der Waals surface area (Å²) in [5.41, 5.74) is 2.28. The zero-order chi connectivity index (χ0) is 15.1. The predicted molar refractivity (Wildman–Crippen MR) is 75.6 cm³/mol. The SMILES string of the molecule is COCCNC(=O)C(C)Oc1c(C)cc(C#N)cc1C. The van der Waals surface area contributed by atoms with Gasteiger partial charge in [0.05, 0.1) is 18.2 Å². The van der Waals surface area contributed by atoms with Crippen LogP contribution in [0.1, 0.15) is 23.6 Å². The lowest BCUT2D eigenvalue weighted by Gasteiger charge is -2.18. The molecule has 0 saturated carbocycles. The Kier molecular flexibility index (Phi) is 6.01. The van der Waals surface area contributed by atoms with Crippen LogP contribution < -0.4 is 10.1 Å². The van der Waals surface area contributed by atoms with Gasteiger partial charge in [0, 0.05) is 13.7 Å². The lowest BCUT2D eigenvalue weighted by Crippen LogP contribution is -2.38. The van der Waals surface area contributed by atoms with Crippen LogP contribution in [0.4, 0.5) is 0 Å². The summed E-state index contributed by atoms with van der Waals surface area (Å²) in [4.78, 5) is 11.8. The van der Waals surface area contributed by atoms with E-state index in [-0.39, 0.29) is 5.91 Å².